The normalized spacial score (nSPS) is 20.6. The van der Waals surface area contributed by atoms with Gasteiger partial charge in [-0.05, 0) is 51.4 Å². The Hall–Kier alpha value is -0.670. The van der Waals surface area contributed by atoms with E-state index in [1.54, 1.807) is 0 Å². The van der Waals surface area contributed by atoms with Gasteiger partial charge >= 0.3 is 0 Å². The van der Waals surface area contributed by atoms with Gasteiger partial charge in [0, 0.05) is 17.9 Å². The summed E-state index contributed by atoms with van der Waals surface area (Å²) >= 11 is 6.31. The van der Waals surface area contributed by atoms with Gasteiger partial charge in [0.15, 0.2) is 5.82 Å². The zero-order chi connectivity index (χ0) is 12.5. The summed E-state index contributed by atoms with van der Waals surface area (Å²) < 4.78 is 5.81. The van der Waals surface area contributed by atoms with E-state index in [1.165, 1.54) is 25.7 Å². The molecule has 0 aliphatic heterocycles. The van der Waals surface area contributed by atoms with E-state index < -0.39 is 0 Å². The number of aryl methyl sites for hydroxylation is 1. The SMILES string of the molecule is CCOC(c1nc(Cl)c2c(n1)CCCC2)C1CC1. The summed E-state index contributed by atoms with van der Waals surface area (Å²) in [6.07, 6.45) is 6.98. The highest BCUT2D eigenvalue weighted by Gasteiger charge is 2.35. The van der Waals surface area contributed by atoms with Gasteiger partial charge < -0.3 is 4.74 Å². The van der Waals surface area contributed by atoms with Crippen LogP contribution in [0, 0.1) is 5.92 Å². The molecule has 2 aliphatic rings. The van der Waals surface area contributed by atoms with Crippen LogP contribution in [0.5, 0.6) is 0 Å². The van der Waals surface area contributed by atoms with Crippen LogP contribution in [-0.4, -0.2) is 16.6 Å². The average Bonchev–Trinajstić information content (AvgIpc) is 3.20. The van der Waals surface area contributed by atoms with Crippen molar-refractivity contribution in [3.05, 3.63) is 22.2 Å². The quantitative estimate of drug-likeness (QED) is 0.783. The van der Waals surface area contributed by atoms with Gasteiger partial charge in [-0.2, -0.15) is 0 Å². The first-order valence-electron chi connectivity index (χ1n) is 6.96. The van der Waals surface area contributed by atoms with Crippen molar-refractivity contribution >= 4 is 11.6 Å². The zero-order valence-corrected chi connectivity index (χ0v) is 11.5. The van der Waals surface area contributed by atoms with Crippen molar-refractivity contribution in [2.75, 3.05) is 6.61 Å². The second-order valence-corrected chi connectivity index (χ2v) is 5.58. The van der Waals surface area contributed by atoms with Crippen molar-refractivity contribution in [3.63, 3.8) is 0 Å². The molecule has 3 rings (SSSR count). The van der Waals surface area contributed by atoms with Crippen molar-refractivity contribution < 1.29 is 4.74 Å². The van der Waals surface area contributed by atoms with E-state index >= 15 is 0 Å². The summed E-state index contributed by atoms with van der Waals surface area (Å²) in [6.45, 7) is 2.73. The van der Waals surface area contributed by atoms with Gasteiger partial charge in [-0.3, -0.25) is 0 Å². The Kier molecular flexibility index (Phi) is 3.53. The number of hydrogen-bond acceptors (Lipinski definition) is 3. The molecule has 1 aromatic rings. The third-order valence-corrected chi connectivity index (χ3v) is 4.11. The predicted molar refractivity (Wildman–Crippen MR) is 70.8 cm³/mol. The number of fused-ring (bicyclic) bond motifs is 1. The summed E-state index contributed by atoms with van der Waals surface area (Å²) in [6, 6.07) is 0. The van der Waals surface area contributed by atoms with Gasteiger partial charge in [-0.15, -0.1) is 0 Å². The fraction of sp³-hybridized carbons (Fsp3) is 0.714. The molecule has 18 heavy (non-hydrogen) atoms. The highest BCUT2D eigenvalue weighted by Crippen LogP contribution is 2.43. The minimum Gasteiger partial charge on any atom is -0.370 e. The van der Waals surface area contributed by atoms with E-state index in [-0.39, 0.29) is 6.10 Å². The lowest BCUT2D eigenvalue weighted by molar-refractivity contribution is 0.0398. The first-order chi connectivity index (χ1) is 8.79. The Morgan fingerprint density at radius 2 is 2.06 bits per heavy atom. The van der Waals surface area contributed by atoms with Crippen LogP contribution < -0.4 is 0 Å². The van der Waals surface area contributed by atoms with E-state index in [0.717, 1.165) is 29.9 Å². The van der Waals surface area contributed by atoms with Gasteiger partial charge in [0.2, 0.25) is 0 Å². The number of nitrogens with zero attached hydrogens (tertiary/aromatic N) is 2. The minimum absolute atomic E-state index is 0.0553. The van der Waals surface area contributed by atoms with Crippen LogP contribution in [0.15, 0.2) is 0 Å². The Balaban J connectivity index is 1.93. The van der Waals surface area contributed by atoms with E-state index in [2.05, 4.69) is 4.98 Å². The molecule has 0 radical (unpaired) electrons. The van der Waals surface area contributed by atoms with E-state index in [0.29, 0.717) is 17.7 Å². The first kappa shape index (κ1) is 12.4. The number of aromatic nitrogens is 2. The molecule has 1 aromatic heterocycles. The molecule has 1 fully saturated rings. The lowest BCUT2D eigenvalue weighted by Crippen LogP contribution is -2.16. The molecule has 0 saturated heterocycles. The first-order valence-corrected chi connectivity index (χ1v) is 7.34. The summed E-state index contributed by atoms with van der Waals surface area (Å²) in [5, 5.41) is 0.653. The van der Waals surface area contributed by atoms with Gasteiger partial charge in [-0.1, -0.05) is 11.6 Å². The van der Waals surface area contributed by atoms with Crippen LogP contribution in [0.2, 0.25) is 5.15 Å². The number of hydrogen-bond donors (Lipinski definition) is 0. The molecule has 1 atom stereocenters. The smallest absolute Gasteiger partial charge is 0.159 e. The molecule has 0 N–H and O–H groups in total. The molecule has 3 nitrogen and oxygen atoms in total. The molecule has 98 valence electrons. The molecule has 0 spiro atoms. The van der Waals surface area contributed by atoms with E-state index in [9.17, 15) is 0 Å². The van der Waals surface area contributed by atoms with E-state index in [1.807, 2.05) is 6.92 Å². The molecule has 0 bridgehead atoms. The maximum atomic E-state index is 6.31. The van der Waals surface area contributed by atoms with Crippen LogP contribution in [0.25, 0.3) is 0 Å². The predicted octanol–water partition coefficient (Wildman–Crippen LogP) is 3.50. The standard InChI is InChI=1S/C14H19ClN2O/c1-2-18-12(9-7-8-9)14-16-11-6-4-3-5-10(11)13(15)17-14/h9,12H,2-8H2,1H3. The third kappa shape index (κ3) is 2.39. The maximum Gasteiger partial charge on any atom is 0.159 e. The van der Waals surface area contributed by atoms with Crippen molar-refractivity contribution in [2.45, 2.75) is 51.6 Å². The Morgan fingerprint density at radius 1 is 1.28 bits per heavy atom. The molecule has 1 heterocycles. The van der Waals surface area contributed by atoms with Crippen LogP contribution in [-0.2, 0) is 17.6 Å². The monoisotopic (exact) mass is 266 g/mol. The van der Waals surface area contributed by atoms with Gasteiger partial charge in [0.05, 0.1) is 0 Å². The lowest BCUT2D eigenvalue weighted by Gasteiger charge is -2.20. The van der Waals surface area contributed by atoms with Crippen LogP contribution in [0.1, 0.15) is 55.8 Å². The largest absolute Gasteiger partial charge is 0.370 e. The van der Waals surface area contributed by atoms with Crippen LogP contribution in [0.3, 0.4) is 0 Å². The molecule has 1 unspecified atom stereocenters. The van der Waals surface area contributed by atoms with Crippen LogP contribution >= 0.6 is 11.6 Å². The van der Waals surface area contributed by atoms with E-state index in [4.69, 9.17) is 21.3 Å². The molecule has 2 aliphatic carbocycles. The van der Waals surface area contributed by atoms with Crippen LogP contribution in [0.4, 0.5) is 0 Å². The van der Waals surface area contributed by atoms with Crippen molar-refractivity contribution in [3.8, 4) is 0 Å². The zero-order valence-electron chi connectivity index (χ0n) is 10.8. The number of rotatable bonds is 4. The lowest BCUT2D eigenvalue weighted by atomic mass is 9.97. The van der Waals surface area contributed by atoms with Crippen molar-refractivity contribution in [1.29, 1.82) is 0 Å². The fourth-order valence-electron chi connectivity index (χ4n) is 2.69. The highest BCUT2D eigenvalue weighted by molar-refractivity contribution is 6.30. The topological polar surface area (TPSA) is 35.0 Å². The van der Waals surface area contributed by atoms with Gasteiger partial charge in [0.25, 0.3) is 0 Å². The third-order valence-electron chi connectivity index (χ3n) is 3.80. The Labute approximate surface area is 113 Å². The maximum absolute atomic E-state index is 6.31. The average molecular weight is 267 g/mol. The highest BCUT2D eigenvalue weighted by atomic mass is 35.5. The summed E-state index contributed by atoms with van der Waals surface area (Å²) in [5.41, 5.74) is 2.32. The molecule has 4 heteroatoms. The second-order valence-electron chi connectivity index (χ2n) is 5.22. The molecular formula is C14H19ClN2O. The summed E-state index contributed by atoms with van der Waals surface area (Å²) in [4.78, 5) is 9.23. The summed E-state index contributed by atoms with van der Waals surface area (Å²) in [5.74, 6) is 1.41. The molecule has 1 saturated carbocycles. The van der Waals surface area contributed by atoms with Gasteiger partial charge in [0.1, 0.15) is 11.3 Å². The number of ether oxygens (including phenoxy) is 1. The molecule has 0 amide bonds. The number of halogens is 1. The molecular weight excluding hydrogens is 248 g/mol. The fourth-order valence-corrected chi connectivity index (χ4v) is 2.98. The van der Waals surface area contributed by atoms with Crippen molar-refractivity contribution in [2.24, 2.45) is 5.92 Å². The van der Waals surface area contributed by atoms with Gasteiger partial charge in [-0.25, -0.2) is 9.97 Å². The summed E-state index contributed by atoms with van der Waals surface area (Å²) in [7, 11) is 0. The second kappa shape index (κ2) is 5.14. The molecule has 0 aromatic carbocycles. The Morgan fingerprint density at radius 3 is 2.78 bits per heavy atom. The van der Waals surface area contributed by atoms with Crippen molar-refractivity contribution in [1.82, 2.24) is 9.97 Å². The Bertz CT molecular complexity index is 446. The minimum atomic E-state index is 0.0553.